The number of nitrogens with zero attached hydrogens (tertiary/aromatic N) is 2. The van der Waals surface area contributed by atoms with Crippen LogP contribution in [0.3, 0.4) is 0 Å². The van der Waals surface area contributed by atoms with Gasteiger partial charge in [0.05, 0.1) is 10.9 Å². The SMILES string of the molecule is CN(C(=O)C(C#N)C(=O)c1cccs1)C1CCCCC1. The van der Waals surface area contributed by atoms with E-state index in [-0.39, 0.29) is 17.7 Å². The second kappa shape index (κ2) is 6.67. The number of hydrogen-bond donors (Lipinski definition) is 0. The van der Waals surface area contributed by atoms with Crippen LogP contribution in [0.1, 0.15) is 41.8 Å². The molecule has 1 fully saturated rings. The number of Topliss-reactive ketones (excluding diaryl/α,β-unsaturated/α-hetero) is 1. The van der Waals surface area contributed by atoms with Crippen molar-refractivity contribution in [2.24, 2.45) is 5.92 Å². The largest absolute Gasteiger partial charge is 0.341 e. The van der Waals surface area contributed by atoms with Crippen molar-refractivity contribution in [1.29, 1.82) is 5.26 Å². The maximum atomic E-state index is 12.4. The third-order valence-corrected chi connectivity index (χ3v) is 4.76. The predicted octanol–water partition coefficient (Wildman–Crippen LogP) is 2.86. The number of carbonyl (C=O) groups excluding carboxylic acids is 2. The molecule has 0 aliphatic heterocycles. The molecule has 1 aromatic heterocycles. The number of hydrogen-bond acceptors (Lipinski definition) is 4. The Hall–Kier alpha value is -1.67. The van der Waals surface area contributed by atoms with Crippen LogP contribution in [0.2, 0.25) is 0 Å². The monoisotopic (exact) mass is 290 g/mol. The summed E-state index contributed by atoms with van der Waals surface area (Å²) in [5, 5.41) is 11.0. The Morgan fingerprint density at radius 1 is 1.40 bits per heavy atom. The highest BCUT2D eigenvalue weighted by Gasteiger charge is 2.33. The van der Waals surface area contributed by atoms with Gasteiger partial charge in [0.25, 0.3) is 0 Å². The first-order chi connectivity index (χ1) is 9.65. The fourth-order valence-electron chi connectivity index (χ4n) is 2.64. The molecule has 0 saturated heterocycles. The van der Waals surface area contributed by atoms with Crippen molar-refractivity contribution < 1.29 is 9.59 Å². The zero-order valence-corrected chi connectivity index (χ0v) is 12.4. The van der Waals surface area contributed by atoms with E-state index in [1.807, 2.05) is 6.07 Å². The van der Waals surface area contributed by atoms with E-state index in [9.17, 15) is 14.9 Å². The molecule has 2 rings (SSSR count). The molecule has 1 heterocycles. The topological polar surface area (TPSA) is 61.2 Å². The van der Waals surface area contributed by atoms with E-state index in [1.54, 1.807) is 29.5 Å². The molecular formula is C15H18N2O2S. The van der Waals surface area contributed by atoms with Crippen LogP contribution in [0, 0.1) is 17.2 Å². The Bertz CT molecular complexity index is 512. The van der Waals surface area contributed by atoms with Gasteiger partial charge in [0, 0.05) is 13.1 Å². The van der Waals surface area contributed by atoms with Crippen LogP contribution in [0.25, 0.3) is 0 Å². The normalized spacial score (nSPS) is 17.2. The summed E-state index contributed by atoms with van der Waals surface area (Å²) in [5.74, 6) is -1.95. The second-order valence-electron chi connectivity index (χ2n) is 5.14. The van der Waals surface area contributed by atoms with Gasteiger partial charge in [0.15, 0.2) is 11.7 Å². The highest BCUT2D eigenvalue weighted by molar-refractivity contribution is 7.12. The standard InChI is InChI=1S/C15H18N2O2S/c1-17(11-6-3-2-4-7-11)15(19)12(10-16)14(18)13-8-5-9-20-13/h5,8-9,11-12H,2-4,6-7H2,1H3. The van der Waals surface area contributed by atoms with Crippen LogP contribution in [-0.2, 0) is 4.79 Å². The highest BCUT2D eigenvalue weighted by Crippen LogP contribution is 2.24. The van der Waals surface area contributed by atoms with E-state index in [2.05, 4.69) is 0 Å². The molecule has 1 saturated carbocycles. The molecule has 1 unspecified atom stereocenters. The van der Waals surface area contributed by atoms with Gasteiger partial charge in [0.2, 0.25) is 5.91 Å². The second-order valence-corrected chi connectivity index (χ2v) is 6.09. The Morgan fingerprint density at radius 2 is 2.10 bits per heavy atom. The first kappa shape index (κ1) is 14.7. The smallest absolute Gasteiger partial charge is 0.247 e. The van der Waals surface area contributed by atoms with Crippen molar-refractivity contribution >= 4 is 23.0 Å². The lowest BCUT2D eigenvalue weighted by atomic mass is 9.93. The van der Waals surface area contributed by atoms with E-state index in [0.29, 0.717) is 4.88 Å². The Morgan fingerprint density at radius 3 is 2.65 bits per heavy atom. The number of carbonyl (C=O) groups is 2. The molecule has 0 N–H and O–H groups in total. The lowest BCUT2D eigenvalue weighted by molar-refractivity contribution is -0.133. The van der Waals surface area contributed by atoms with Gasteiger partial charge in [-0.3, -0.25) is 9.59 Å². The summed E-state index contributed by atoms with van der Waals surface area (Å²) in [5.41, 5.74) is 0. The fourth-order valence-corrected chi connectivity index (χ4v) is 3.33. The first-order valence-corrected chi connectivity index (χ1v) is 7.77. The van der Waals surface area contributed by atoms with Gasteiger partial charge in [-0.05, 0) is 24.3 Å². The van der Waals surface area contributed by atoms with Crippen molar-refractivity contribution in [3.63, 3.8) is 0 Å². The minimum absolute atomic E-state index is 0.170. The molecule has 106 valence electrons. The lowest BCUT2D eigenvalue weighted by Gasteiger charge is -2.32. The summed E-state index contributed by atoms with van der Waals surface area (Å²) >= 11 is 1.27. The molecule has 4 nitrogen and oxygen atoms in total. The quantitative estimate of drug-likeness (QED) is 0.633. The van der Waals surface area contributed by atoms with Crippen LogP contribution in [0.15, 0.2) is 17.5 Å². The third-order valence-electron chi connectivity index (χ3n) is 3.87. The van der Waals surface area contributed by atoms with E-state index in [4.69, 9.17) is 0 Å². The molecule has 0 aromatic carbocycles. The maximum absolute atomic E-state index is 12.4. The van der Waals surface area contributed by atoms with Crippen molar-refractivity contribution in [3.8, 4) is 6.07 Å². The Kier molecular flexibility index (Phi) is 4.91. The van der Waals surface area contributed by atoms with Crippen LogP contribution in [-0.4, -0.2) is 29.7 Å². The average Bonchev–Trinajstić information content (AvgIpc) is 3.02. The van der Waals surface area contributed by atoms with Crippen LogP contribution >= 0.6 is 11.3 Å². The molecule has 0 spiro atoms. The van der Waals surface area contributed by atoms with E-state index in [0.717, 1.165) is 25.7 Å². The van der Waals surface area contributed by atoms with Gasteiger partial charge >= 0.3 is 0 Å². The highest BCUT2D eigenvalue weighted by atomic mass is 32.1. The molecule has 1 aliphatic carbocycles. The van der Waals surface area contributed by atoms with Crippen molar-refractivity contribution in [3.05, 3.63) is 22.4 Å². The van der Waals surface area contributed by atoms with Gasteiger partial charge in [-0.25, -0.2) is 0 Å². The van der Waals surface area contributed by atoms with Crippen LogP contribution in [0.4, 0.5) is 0 Å². The average molecular weight is 290 g/mol. The number of thiophene rings is 1. The van der Waals surface area contributed by atoms with Gasteiger partial charge < -0.3 is 4.90 Å². The zero-order chi connectivity index (χ0) is 14.5. The van der Waals surface area contributed by atoms with E-state index < -0.39 is 5.92 Å². The predicted molar refractivity (Wildman–Crippen MR) is 77.4 cm³/mol. The molecule has 20 heavy (non-hydrogen) atoms. The third kappa shape index (κ3) is 3.07. The van der Waals surface area contributed by atoms with Gasteiger partial charge in [-0.1, -0.05) is 25.3 Å². The van der Waals surface area contributed by atoms with Crippen LogP contribution in [0.5, 0.6) is 0 Å². The van der Waals surface area contributed by atoms with E-state index in [1.165, 1.54) is 17.8 Å². The summed E-state index contributed by atoms with van der Waals surface area (Å²) in [6.45, 7) is 0. The molecule has 1 aromatic rings. The number of rotatable bonds is 4. The van der Waals surface area contributed by atoms with Gasteiger partial charge in [0.1, 0.15) is 0 Å². The number of ketones is 1. The summed E-state index contributed by atoms with van der Waals surface area (Å²) in [6, 6.07) is 5.46. The van der Waals surface area contributed by atoms with Crippen molar-refractivity contribution in [1.82, 2.24) is 4.90 Å². The maximum Gasteiger partial charge on any atom is 0.247 e. The minimum atomic E-state index is -1.21. The molecule has 0 bridgehead atoms. The molecule has 1 amide bonds. The molecule has 5 heteroatoms. The zero-order valence-electron chi connectivity index (χ0n) is 11.5. The molecule has 0 radical (unpaired) electrons. The summed E-state index contributed by atoms with van der Waals surface area (Å²) in [7, 11) is 1.71. The van der Waals surface area contributed by atoms with Gasteiger partial charge in [-0.15, -0.1) is 11.3 Å². The van der Waals surface area contributed by atoms with Crippen molar-refractivity contribution in [2.45, 2.75) is 38.1 Å². The first-order valence-electron chi connectivity index (χ1n) is 6.89. The lowest BCUT2D eigenvalue weighted by Crippen LogP contribution is -2.43. The van der Waals surface area contributed by atoms with Gasteiger partial charge in [-0.2, -0.15) is 5.26 Å². The molecule has 1 aliphatic rings. The Labute approximate surface area is 123 Å². The van der Waals surface area contributed by atoms with E-state index >= 15 is 0 Å². The number of amides is 1. The fraction of sp³-hybridized carbons (Fsp3) is 0.533. The molecule has 1 atom stereocenters. The number of nitriles is 1. The summed E-state index contributed by atoms with van der Waals surface area (Å²) in [6.07, 6.45) is 5.35. The summed E-state index contributed by atoms with van der Waals surface area (Å²) in [4.78, 5) is 26.7. The Balaban J connectivity index is 2.09. The van der Waals surface area contributed by atoms with Crippen LogP contribution < -0.4 is 0 Å². The summed E-state index contributed by atoms with van der Waals surface area (Å²) < 4.78 is 0. The van der Waals surface area contributed by atoms with Crippen molar-refractivity contribution in [2.75, 3.05) is 7.05 Å². The molecular weight excluding hydrogens is 272 g/mol. The minimum Gasteiger partial charge on any atom is -0.341 e.